The minimum absolute atomic E-state index is 0.164. The summed E-state index contributed by atoms with van der Waals surface area (Å²) in [5, 5.41) is 14.3. The number of anilines is 3. The second kappa shape index (κ2) is 10.1. The minimum atomic E-state index is -0.545. The third-order valence-corrected chi connectivity index (χ3v) is 4.27. The summed E-state index contributed by atoms with van der Waals surface area (Å²) in [5.74, 6) is 0.573. The molecule has 0 bridgehead atoms. The first-order chi connectivity index (χ1) is 13.7. The number of urea groups is 1. The van der Waals surface area contributed by atoms with E-state index in [2.05, 4.69) is 38.0 Å². The molecular formula is C19H23Cl2N7O. The van der Waals surface area contributed by atoms with E-state index in [9.17, 15) is 4.79 Å². The highest BCUT2D eigenvalue weighted by Crippen LogP contribution is 2.30. The van der Waals surface area contributed by atoms with Gasteiger partial charge >= 0.3 is 6.03 Å². The lowest BCUT2D eigenvalue weighted by molar-refractivity contribution is 0.254. The van der Waals surface area contributed by atoms with E-state index in [0.717, 1.165) is 11.3 Å². The van der Waals surface area contributed by atoms with E-state index in [1.54, 1.807) is 13.1 Å². The molecule has 2 aromatic heterocycles. The summed E-state index contributed by atoms with van der Waals surface area (Å²) < 4.78 is 0. The summed E-state index contributed by atoms with van der Waals surface area (Å²) in [6, 6.07) is 4.22. The van der Waals surface area contributed by atoms with Crippen LogP contribution < -0.4 is 21.5 Å². The highest BCUT2D eigenvalue weighted by Gasteiger charge is 2.17. The predicted molar refractivity (Wildman–Crippen MR) is 120 cm³/mol. The molecule has 0 unspecified atom stereocenters. The van der Waals surface area contributed by atoms with Gasteiger partial charge in [-0.15, -0.1) is 6.58 Å². The van der Waals surface area contributed by atoms with E-state index < -0.39 is 6.03 Å². The third-order valence-electron chi connectivity index (χ3n) is 3.88. The van der Waals surface area contributed by atoms with E-state index in [0.29, 0.717) is 29.3 Å². The number of nitrogens with one attached hydrogen (secondary N) is 5. The van der Waals surface area contributed by atoms with Crippen LogP contribution in [0.3, 0.4) is 0 Å². The molecule has 0 aliphatic rings. The number of halogens is 2. The number of allylic oxidation sites excluding steroid dienone is 1. The van der Waals surface area contributed by atoms with Gasteiger partial charge in [-0.1, -0.05) is 43.1 Å². The van der Waals surface area contributed by atoms with Crippen LogP contribution in [-0.2, 0) is 0 Å². The SMILES string of the molecule is C=CCC(=N)c1nc(NNC(=O)Nc2cc(Cl)nc(Cl)c2)cc(C(C)C)c1NC. The number of pyridine rings is 2. The van der Waals surface area contributed by atoms with Gasteiger partial charge in [0, 0.05) is 19.2 Å². The lowest BCUT2D eigenvalue weighted by Crippen LogP contribution is -2.34. The Hall–Kier alpha value is -2.84. The van der Waals surface area contributed by atoms with Crippen LogP contribution >= 0.6 is 23.2 Å². The highest BCUT2D eigenvalue weighted by molar-refractivity contribution is 6.33. The molecule has 2 heterocycles. The smallest absolute Gasteiger partial charge is 0.337 e. The van der Waals surface area contributed by atoms with E-state index in [1.165, 1.54) is 12.1 Å². The van der Waals surface area contributed by atoms with Gasteiger partial charge < -0.3 is 16.0 Å². The van der Waals surface area contributed by atoms with Crippen LogP contribution in [0.25, 0.3) is 0 Å². The maximum atomic E-state index is 12.2. The maximum absolute atomic E-state index is 12.2. The maximum Gasteiger partial charge on any atom is 0.337 e. The topological polar surface area (TPSA) is 115 Å². The van der Waals surface area contributed by atoms with Crippen molar-refractivity contribution in [2.75, 3.05) is 23.1 Å². The molecule has 0 saturated carbocycles. The lowest BCUT2D eigenvalue weighted by atomic mass is 9.98. The van der Waals surface area contributed by atoms with E-state index in [1.807, 2.05) is 19.9 Å². The Morgan fingerprint density at radius 1 is 1.24 bits per heavy atom. The van der Waals surface area contributed by atoms with Gasteiger partial charge in [0.2, 0.25) is 0 Å². The predicted octanol–water partition coefficient (Wildman–Crippen LogP) is 5.04. The van der Waals surface area contributed by atoms with Crippen molar-refractivity contribution in [2.24, 2.45) is 0 Å². The molecule has 0 aliphatic heterocycles. The summed E-state index contributed by atoms with van der Waals surface area (Å²) >= 11 is 11.7. The van der Waals surface area contributed by atoms with Crippen molar-refractivity contribution < 1.29 is 4.79 Å². The Kier molecular flexibility index (Phi) is 7.81. The number of aromatic nitrogens is 2. The fourth-order valence-corrected chi connectivity index (χ4v) is 3.09. The van der Waals surface area contributed by atoms with Crippen LogP contribution in [0, 0.1) is 5.41 Å². The molecule has 0 saturated heterocycles. The van der Waals surface area contributed by atoms with Crippen molar-refractivity contribution in [3.05, 3.63) is 52.4 Å². The summed E-state index contributed by atoms with van der Waals surface area (Å²) in [6.45, 7) is 7.76. The van der Waals surface area contributed by atoms with Crippen LogP contribution in [0.2, 0.25) is 10.3 Å². The van der Waals surface area contributed by atoms with Gasteiger partial charge in [-0.05, 0) is 29.7 Å². The van der Waals surface area contributed by atoms with Crippen LogP contribution in [-0.4, -0.2) is 28.8 Å². The average Bonchev–Trinajstić information content (AvgIpc) is 2.64. The number of amides is 2. The Bertz CT molecular complexity index is 911. The van der Waals surface area contributed by atoms with Crippen molar-refractivity contribution in [3.8, 4) is 0 Å². The lowest BCUT2D eigenvalue weighted by Gasteiger charge is -2.19. The Labute approximate surface area is 179 Å². The summed E-state index contributed by atoms with van der Waals surface area (Å²) in [6.07, 6.45) is 2.02. The first-order valence-electron chi connectivity index (χ1n) is 8.82. The van der Waals surface area contributed by atoms with Crippen molar-refractivity contribution in [1.29, 1.82) is 5.41 Å². The molecule has 5 N–H and O–H groups in total. The van der Waals surface area contributed by atoms with Gasteiger partial charge in [0.15, 0.2) is 0 Å². The Morgan fingerprint density at radius 3 is 2.45 bits per heavy atom. The molecule has 10 heteroatoms. The highest BCUT2D eigenvalue weighted by atomic mass is 35.5. The molecule has 8 nitrogen and oxygen atoms in total. The van der Waals surface area contributed by atoms with Crippen molar-refractivity contribution >= 4 is 52.1 Å². The largest absolute Gasteiger partial charge is 0.386 e. The first kappa shape index (κ1) is 22.4. The number of rotatable bonds is 8. The van der Waals surface area contributed by atoms with Crippen LogP contribution in [0.5, 0.6) is 0 Å². The van der Waals surface area contributed by atoms with Gasteiger partial charge in [0.1, 0.15) is 21.8 Å². The zero-order chi connectivity index (χ0) is 21.6. The molecule has 0 aliphatic carbocycles. The number of carbonyl (C=O) groups excluding carboxylic acids is 1. The quantitative estimate of drug-likeness (QED) is 0.172. The molecule has 2 aromatic rings. The van der Waals surface area contributed by atoms with Gasteiger partial charge in [-0.25, -0.2) is 14.8 Å². The number of nitrogens with zero attached hydrogens (tertiary/aromatic N) is 2. The molecule has 154 valence electrons. The second-order valence-corrected chi connectivity index (χ2v) is 7.18. The molecule has 2 rings (SSSR count). The molecule has 0 aromatic carbocycles. The fourth-order valence-electron chi connectivity index (χ4n) is 2.63. The average molecular weight is 436 g/mol. The van der Waals surface area contributed by atoms with E-state index in [4.69, 9.17) is 28.6 Å². The van der Waals surface area contributed by atoms with Crippen LogP contribution in [0.15, 0.2) is 30.9 Å². The Morgan fingerprint density at radius 2 is 1.90 bits per heavy atom. The van der Waals surface area contributed by atoms with Gasteiger partial charge in [-0.2, -0.15) is 0 Å². The van der Waals surface area contributed by atoms with E-state index in [-0.39, 0.29) is 16.2 Å². The summed E-state index contributed by atoms with van der Waals surface area (Å²) in [5.41, 5.74) is 8.23. The van der Waals surface area contributed by atoms with Crippen LogP contribution in [0.4, 0.5) is 22.0 Å². The standard InChI is InChI=1S/C19H23Cl2N7O/c1-5-6-13(22)18-17(23-4)12(10(2)3)9-16(26-18)27-28-19(29)24-11-7-14(20)25-15(21)8-11/h5,7-10,22-23H,1,6H2,2-4H3,(H,26,27)(H2,24,25,28,29). The second-order valence-electron chi connectivity index (χ2n) is 6.40. The molecule has 2 amide bonds. The minimum Gasteiger partial charge on any atom is -0.386 e. The summed E-state index contributed by atoms with van der Waals surface area (Å²) in [4.78, 5) is 20.5. The number of hydrazine groups is 1. The zero-order valence-electron chi connectivity index (χ0n) is 16.4. The monoisotopic (exact) mass is 435 g/mol. The number of hydrogen-bond donors (Lipinski definition) is 5. The molecular weight excluding hydrogens is 413 g/mol. The van der Waals surface area contributed by atoms with Gasteiger partial charge in [-0.3, -0.25) is 10.9 Å². The third kappa shape index (κ3) is 6.07. The summed E-state index contributed by atoms with van der Waals surface area (Å²) in [7, 11) is 1.79. The normalized spacial score (nSPS) is 10.4. The molecule has 29 heavy (non-hydrogen) atoms. The van der Waals surface area contributed by atoms with Crippen molar-refractivity contribution in [3.63, 3.8) is 0 Å². The number of hydrogen-bond acceptors (Lipinski definition) is 6. The van der Waals surface area contributed by atoms with Gasteiger partial charge in [0.25, 0.3) is 0 Å². The Balaban J connectivity index is 2.21. The van der Waals surface area contributed by atoms with Crippen LogP contribution in [0.1, 0.15) is 37.4 Å². The van der Waals surface area contributed by atoms with E-state index >= 15 is 0 Å². The van der Waals surface area contributed by atoms with Crippen molar-refractivity contribution in [1.82, 2.24) is 15.4 Å². The molecule has 0 spiro atoms. The van der Waals surface area contributed by atoms with Gasteiger partial charge in [0.05, 0.1) is 11.4 Å². The fraction of sp³-hybridized carbons (Fsp3) is 0.263. The first-order valence-corrected chi connectivity index (χ1v) is 9.58. The molecule has 0 atom stereocenters. The zero-order valence-corrected chi connectivity index (χ0v) is 17.9. The van der Waals surface area contributed by atoms with Crippen molar-refractivity contribution in [2.45, 2.75) is 26.2 Å². The number of carbonyl (C=O) groups is 1. The molecule has 0 radical (unpaired) electrons. The molecule has 0 fully saturated rings.